The summed E-state index contributed by atoms with van der Waals surface area (Å²) in [7, 11) is 0. The minimum absolute atomic E-state index is 0.217. The molecule has 108 valence electrons. The predicted molar refractivity (Wildman–Crippen MR) is 90.3 cm³/mol. The number of hydrogen-bond acceptors (Lipinski definition) is 2. The van der Waals surface area contributed by atoms with Crippen LogP contribution in [0.1, 0.15) is 36.1 Å². The molecule has 1 heterocycles. The molecule has 1 N–H and O–H groups in total. The molecule has 1 atom stereocenters. The highest BCUT2D eigenvalue weighted by atomic mass is 35.5. The quantitative estimate of drug-likeness (QED) is 0.723. The Kier molecular flexibility index (Phi) is 5.91. The van der Waals surface area contributed by atoms with Crippen molar-refractivity contribution in [3.8, 4) is 0 Å². The lowest BCUT2D eigenvalue weighted by Crippen LogP contribution is -2.24. The lowest BCUT2D eigenvalue weighted by Gasteiger charge is -2.18. The minimum atomic E-state index is 0.217. The van der Waals surface area contributed by atoms with E-state index in [2.05, 4.69) is 43.4 Å². The van der Waals surface area contributed by atoms with Crippen LogP contribution in [-0.2, 0) is 6.42 Å². The van der Waals surface area contributed by atoms with Gasteiger partial charge in [-0.15, -0.1) is 11.3 Å². The monoisotopic (exact) mass is 327 g/mol. The van der Waals surface area contributed by atoms with Gasteiger partial charge in [-0.3, -0.25) is 0 Å². The molecule has 0 saturated heterocycles. The molecule has 0 spiro atoms. The fraction of sp³-hybridized carbons (Fsp3) is 0.375. The van der Waals surface area contributed by atoms with Gasteiger partial charge in [0.25, 0.3) is 0 Å². The summed E-state index contributed by atoms with van der Waals surface area (Å²) in [5.74, 6) is 0. The highest BCUT2D eigenvalue weighted by molar-refractivity contribution is 7.20. The van der Waals surface area contributed by atoms with Crippen LogP contribution in [0.15, 0.2) is 30.3 Å². The van der Waals surface area contributed by atoms with Crippen LogP contribution in [0.3, 0.4) is 0 Å². The van der Waals surface area contributed by atoms with E-state index in [0.717, 1.165) is 33.6 Å². The van der Waals surface area contributed by atoms with E-state index in [0.29, 0.717) is 0 Å². The molecular formula is C16H19Cl2NS. The van der Waals surface area contributed by atoms with E-state index >= 15 is 0 Å². The van der Waals surface area contributed by atoms with Gasteiger partial charge in [-0.2, -0.15) is 0 Å². The molecule has 2 aromatic rings. The summed E-state index contributed by atoms with van der Waals surface area (Å²) in [6, 6.07) is 10.9. The van der Waals surface area contributed by atoms with Crippen LogP contribution in [0.2, 0.25) is 8.67 Å². The number of halogens is 2. The largest absolute Gasteiger partial charge is 0.310 e. The normalized spacial score (nSPS) is 12.6. The second-order valence-electron chi connectivity index (χ2n) is 4.98. The third kappa shape index (κ3) is 4.23. The molecule has 4 heteroatoms. The third-order valence-electron chi connectivity index (χ3n) is 3.26. The molecule has 1 aromatic carbocycles. The average molecular weight is 328 g/mol. The molecule has 0 fully saturated rings. The first-order valence-electron chi connectivity index (χ1n) is 6.83. The van der Waals surface area contributed by atoms with Crippen LogP contribution in [0, 0.1) is 6.92 Å². The van der Waals surface area contributed by atoms with Crippen molar-refractivity contribution in [2.45, 2.75) is 32.7 Å². The van der Waals surface area contributed by atoms with E-state index in [1.165, 1.54) is 22.5 Å². The van der Waals surface area contributed by atoms with Crippen molar-refractivity contribution < 1.29 is 0 Å². The molecule has 1 unspecified atom stereocenters. The summed E-state index contributed by atoms with van der Waals surface area (Å²) in [4.78, 5) is 0. The first-order chi connectivity index (χ1) is 9.60. The number of hydrogen-bond donors (Lipinski definition) is 1. The fourth-order valence-electron chi connectivity index (χ4n) is 2.16. The van der Waals surface area contributed by atoms with Crippen LogP contribution >= 0.6 is 34.5 Å². The Morgan fingerprint density at radius 3 is 2.45 bits per heavy atom. The van der Waals surface area contributed by atoms with E-state index < -0.39 is 0 Å². The van der Waals surface area contributed by atoms with Gasteiger partial charge in [0.1, 0.15) is 0 Å². The summed E-state index contributed by atoms with van der Waals surface area (Å²) in [5, 5.41) is 3.57. The smallest absolute Gasteiger partial charge is 0.0992 e. The van der Waals surface area contributed by atoms with Gasteiger partial charge in [0, 0.05) is 11.6 Å². The van der Waals surface area contributed by atoms with Crippen molar-refractivity contribution in [1.29, 1.82) is 0 Å². The minimum Gasteiger partial charge on any atom is -0.310 e. The Morgan fingerprint density at radius 2 is 1.90 bits per heavy atom. The SMILES string of the molecule is CCCNC(Cc1ccc(C)cc1)c1cc(Cl)sc1Cl. The predicted octanol–water partition coefficient (Wildman–Crippen LogP) is 5.65. The highest BCUT2D eigenvalue weighted by Crippen LogP contribution is 2.36. The second-order valence-corrected chi connectivity index (χ2v) is 7.26. The number of benzene rings is 1. The standard InChI is InChI=1S/C16H19Cl2NS/c1-3-8-19-14(13-10-15(17)20-16(13)18)9-12-6-4-11(2)5-7-12/h4-7,10,14,19H,3,8-9H2,1-2H3. The topological polar surface area (TPSA) is 12.0 Å². The van der Waals surface area contributed by atoms with Gasteiger partial charge < -0.3 is 5.32 Å². The number of aryl methyl sites for hydroxylation is 1. The van der Waals surface area contributed by atoms with E-state index in [1.807, 2.05) is 6.07 Å². The maximum Gasteiger partial charge on any atom is 0.0992 e. The Hall–Kier alpha value is -0.540. The Morgan fingerprint density at radius 1 is 1.20 bits per heavy atom. The Labute approximate surface area is 134 Å². The zero-order valence-corrected chi connectivity index (χ0v) is 14.1. The maximum atomic E-state index is 6.30. The van der Waals surface area contributed by atoms with Crippen LogP contribution < -0.4 is 5.32 Å². The molecule has 1 nitrogen and oxygen atoms in total. The molecule has 1 aromatic heterocycles. The average Bonchev–Trinajstić information content (AvgIpc) is 2.76. The molecule has 0 aliphatic heterocycles. The van der Waals surface area contributed by atoms with Crippen LogP contribution in [0.4, 0.5) is 0 Å². The summed E-state index contributed by atoms with van der Waals surface area (Å²) in [6.45, 7) is 5.24. The van der Waals surface area contributed by atoms with E-state index in [9.17, 15) is 0 Å². The molecule has 0 aliphatic carbocycles. The molecule has 0 saturated carbocycles. The van der Waals surface area contributed by atoms with Crippen molar-refractivity contribution in [1.82, 2.24) is 5.32 Å². The Bertz CT molecular complexity index is 548. The molecule has 0 amide bonds. The summed E-state index contributed by atoms with van der Waals surface area (Å²) < 4.78 is 1.54. The van der Waals surface area contributed by atoms with E-state index in [1.54, 1.807) is 0 Å². The van der Waals surface area contributed by atoms with Crippen molar-refractivity contribution in [3.05, 3.63) is 55.7 Å². The number of nitrogens with one attached hydrogen (secondary N) is 1. The van der Waals surface area contributed by atoms with Gasteiger partial charge in [-0.05, 0) is 37.9 Å². The van der Waals surface area contributed by atoms with Crippen LogP contribution in [0.5, 0.6) is 0 Å². The summed E-state index contributed by atoms with van der Waals surface area (Å²) in [5.41, 5.74) is 3.70. The molecular weight excluding hydrogens is 309 g/mol. The molecule has 2 rings (SSSR count). The van der Waals surface area contributed by atoms with Crippen molar-refractivity contribution in [2.24, 2.45) is 0 Å². The van der Waals surface area contributed by atoms with Crippen molar-refractivity contribution in [2.75, 3.05) is 6.54 Å². The van der Waals surface area contributed by atoms with Gasteiger partial charge in [0.2, 0.25) is 0 Å². The summed E-state index contributed by atoms with van der Waals surface area (Å²) in [6.07, 6.45) is 2.02. The number of thiophene rings is 1. The second kappa shape index (κ2) is 7.46. The van der Waals surface area contributed by atoms with Gasteiger partial charge >= 0.3 is 0 Å². The van der Waals surface area contributed by atoms with E-state index in [4.69, 9.17) is 23.2 Å². The Balaban J connectivity index is 2.19. The molecule has 20 heavy (non-hydrogen) atoms. The van der Waals surface area contributed by atoms with Crippen molar-refractivity contribution in [3.63, 3.8) is 0 Å². The van der Waals surface area contributed by atoms with Gasteiger partial charge in [-0.1, -0.05) is 60.0 Å². The first-order valence-corrected chi connectivity index (χ1v) is 8.41. The van der Waals surface area contributed by atoms with Crippen LogP contribution in [0.25, 0.3) is 0 Å². The zero-order chi connectivity index (χ0) is 14.5. The highest BCUT2D eigenvalue weighted by Gasteiger charge is 2.17. The molecule has 0 radical (unpaired) electrons. The first kappa shape index (κ1) is 15.8. The van der Waals surface area contributed by atoms with Crippen molar-refractivity contribution >= 4 is 34.5 Å². The van der Waals surface area contributed by atoms with Gasteiger partial charge in [-0.25, -0.2) is 0 Å². The fourth-order valence-corrected chi connectivity index (χ4v) is 3.74. The third-order valence-corrected chi connectivity index (χ3v) is 4.78. The summed E-state index contributed by atoms with van der Waals surface area (Å²) >= 11 is 13.8. The van der Waals surface area contributed by atoms with Gasteiger partial charge in [0.05, 0.1) is 8.67 Å². The molecule has 0 aliphatic rings. The van der Waals surface area contributed by atoms with Crippen LogP contribution in [-0.4, -0.2) is 6.54 Å². The van der Waals surface area contributed by atoms with Gasteiger partial charge in [0.15, 0.2) is 0 Å². The lowest BCUT2D eigenvalue weighted by atomic mass is 10.00. The maximum absolute atomic E-state index is 6.30. The van der Waals surface area contributed by atoms with E-state index in [-0.39, 0.29) is 6.04 Å². The zero-order valence-electron chi connectivity index (χ0n) is 11.7. The molecule has 0 bridgehead atoms. The number of rotatable bonds is 6. The lowest BCUT2D eigenvalue weighted by molar-refractivity contribution is 0.530.